The maximum atomic E-state index is 12.1. The topological polar surface area (TPSA) is 66.8 Å². The van der Waals surface area contributed by atoms with Crippen LogP contribution in [0.25, 0.3) is 0 Å². The second kappa shape index (κ2) is 5.04. The largest absolute Gasteiger partial charge is 0.481 e. The van der Waals surface area contributed by atoms with Crippen molar-refractivity contribution < 1.29 is 19.4 Å². The van der Waals surface area contributed by atoms with E-state index < -0.39 is 11.9 Å². The SMILES string of the molecule is CC(C(=O)O)C(=O)N1CCOC2CCCCC21. The first kappa shape index (κ1) is 12.4. The van der Waals surface area contributed by atoms with Gasteiger partial charge in [-0.2, -0.15) is 0 Å². The molecule has 3 atom stereocenters. The quantitative estimate of drug-likeness (QED) is 0.729. The number of morpholine rings is 1. The highest BCUT2D eigenvalue weighted by molar-refractivity contribution is 5.96. The summed E-state index contributed by atoms with van der Waals surface area (Å²) in [5.41, 5.74) is 0. The predicted octanol–water partition coefficient (Wildman–Crippen LogP) is 0.877. The van der Waals surface area contributed by atoms with E-state index in [0.717, 1.165) is 25.7 Å². The highest BCUT2D eigenvalue weighted by Gasteiger charge is 2.39. The van der Waals surface area contributed by atoms with Crippen LogP contribution in [-0.4, -0.2) is 47.2 Å². The molecule has 2 rings (SSSR count). The Morgan fingerprint density at radius 1 is 1.35 bits per heavy atom. The lowest BCUT2D eigenvalue weighted by Crippen LogP contribution is -2.56. The maximum Gasteiger partial charge on any atom is 0.315 e. The summed E-state index contributed by atoms with van der Waals surface area (Å²) in [5, 5.41) is 8.90. The van der Waals surface area contributed by atoms with Crippen LogP contribution < -0.4 is 0 Å². The molecule has 17 heavy (non-hydrogen) atoms. The Balaban J connectivity index is 2.08. The van der Waals surface area contributed by atoms with Crippen molar-refractivity contribution in [2.24, 2.45) is 5.92 Å². The van der Waals surface area contributed by atoms with Gasteiger partial charge in [0.05, 0.1) is 18.8 Å². The summed E-state index contributed by atoms with van der Waals surface area (Å²) in [6.07, 6.45) is 4.26. The zero-order valence-corrected chi connectivity index (χ0v) is 10.1. The van der Waals surface area contributed by atoms with Gasteiger partial charge in [0.25, 0.3) is 0 Å². The van der Waals surface area contributed by atoms with E-state index in [1.54, 1.807) is 4.90 Å². The highest BCUT2D eigenvalue weighted by atomic mass is 16.5. The molecule has 2 fully saturated rings. The third kappa shape index (κ3) is 2.44. The standard InChI is InChI=1S/C12H19NO4/c1-8(12(15)16)11(14)13-6-7-17-10-5-3-2-4-9(10)13/h8-10H,2-7H2,1H3,(H,15,16). The number of carbonyl (C=O) groups is 2. The third-order valence-corrected chi connectivity index (χ3v) is 3.76. The molecule has 0 aromatic carbocycles. The smallest absolute Gasteiger partial charge is 0.315 e. The summed E-state index contributed by atoms with van der Waals surface area (Å²) < 4.78 is 5.66. The van der Waals surface area contributed by atoms with E-state index in [0.29, 0.717) is 13.2 Å². The molecular weight excluding hydrogens is 222 g/mol. The van der Waals surface area contributed by atoms with E-state index in [1.165, 1.54) is 6.92 Å². The van der Waals surface area contributed by atoms with Gasteiger partial charge in [-0.1, -0.05) is 12.8 Å². The van der Waals surface area contributed by atoms with Crippen molar-refractivity contribution in [2.75, 3.05) is 13.2 Å². The van der Waals surface area contributed by atoms with Crippen LogP contribution in [0, 0.1) is 5.92 Å². The molecule has 5 nitrogen and oxygen atoms in total. The molecule has 1 aliphatic heterocycles. The first-order chi connectivity index (χ1) is 8.11. The molecule has 0 aromatic rings. The normalized spacial score (nSPS) is 30.5. The highest BCUT2D eigenvalue weighted by Crippen LogP contribution is 2.29. The van der Waals surface area contributed by atoms with Crippen molar-refractivity contribution in [3.8, 4) is 0 Å². The van der Waals surface area contributed by atoms with Gasteiger partial charge in [-0.15, -0.1) is 0 Å². The molecule has 0 spiro atoms. The van der Waals surface area contributed by atoms with Gasteiger partial charge >= 0.3 is 5.97 Å². The molecule has 1 saturated heterocycles. The zero-order valence-electron chi connectivity index (χ0n) is 10.1. The van der Waals surface area contributed by atoms with Crippen molar-refractivity contribution in [1.82, 2.24) is 4.90 Å². The number of fused-ring (bicyclic) bond motifs is 1. The first-order valence-corrected chi connectivity index (χ1v) is 6.26. The van der Waals surface area contributed by atoms with Gasteiger partial charge in [-0.3, -0.25) is 9.59 Å². The molecule has 0 bridgehead atoms. The van der Waals surface area contributed by atoms with Crippen molar-refractivity contribution >= 4 is 11.9 Å². The lowest BCUT2D eigenvalue weighted by molar-refractivity contribution is -0.160. The van der Waals surface area contributed by atoms with Crippen LogP contribution in [0.1, 0.15) is 32.6 Å². The van der Waals surface area contributed by atoms with Gasteiger partial charge in [0.1, 0.15) is 5.92 Å². The van der Waals surface area contributed by atoms with Crippen LogP contribution in [-0.2, 0) is 14.3 Å². The molecule has 1 N–H and O–H groups in total. The number of hydrogen-bond donors (Lipinski definition) is 1. The van der Waals surface area contributed by atoms with E-state index in [-0.39, 0.29) is 18.1 Å². The van der Waals surface area contributed by atoms with Crippen molar-refractivity contribution in [2.45, 2.75) is 44.8 Å². The van der Waals surface area contributed by atoms with Crippen LogP contribution in [0.5, 0.6) is 0 Å². The van der Waals surface area contributed by atoms with Gasteiger partial charge in [-0.25, -0.2) is 0 Å². The maximum absolute atomic E-state index is 12.1. The fraction of sp³-hybridized carbons (Fsp3) is 0.833. The minimum atomic E-state index is -1.05. The number of hydrogen-bond acceptors (Lipinski definition) is 3. The van der Waals surface area contributed by atoms with Crippen molar-refractivity contribution in [3.63, 3.8) is 0 Å². The molecule has 1 heterocycles. The van der Waals surface area contributed by atoms with Crippen LogP contribution >= 0.6 is 0 Å². The zero-order chi connectivity index (χ0) is 12.4. The Hall–Kier alpha value is -1.10. The lowest BCUT2D eigenvalue weighted by atomic mass is 9.89. The summed E-state index contributed by atoms with van der Waals surface area (Å²) in [5.74, 6) is -2.26. The second-order valence-electron chi connectivity index (χ2n) is 4.85. The molecule has 96 valence electrons. The predicted molar refractivity (Wildman–Crippen MR) is 60.5 cm³/mol. The van der Waals surface area contributed by atoms with Crippen molar-refractivity contribution in [1.29, 1.82) is 0 Å². The number of ether oxygens (including phenoxy) is 1. The van der Waals surface area contributed by atoms with Gasteiger partial charge in [0, 0.05) is 6.54 Å². The summed E-state index contributed by atoms with van der Waals surface area (Å²) in [6.45, 7) is 2.51. The molecule has 1 amide bonds. The number of rotatable bonds is 2. The van der Waals surface area contributed by atoms with Crippen molar-refractivity contribution in [3.05, 3.63) is 0 Å². The Bertz CT molecular complexity index is 316. The van der Waals surface area contributed by atoms with E-state index in [2.05, 4.69) is 0 Å². The van der Waals surface area contributed by atoms with E-state index in [1.807, 2.05) is 0 Å². The number of carbonyl (C=O) groups excluding carboxylic acids is 1. The Morgan fingerprint density at radius 3 is 2.76 bits per heavy atom. The average Bonchev–Trinajstić information content (AvgIpc) is 2.36. The summed E-state index contributed by atoms with van der Waals surface area (Å²) >= 11 is 0. The van der Waals surface area contributed by atoms with Crippen LogP contribution in [0.15, 0.2) is 0 Å². The monoisotopic (exact) mass is 241 g/mol. The van der Waals surface area contributed by atoms with Gasteiger partial charge in [-0.05, 0) is 19.8 Å². The first-order valence-electron chi connectivity index (χ1n) is 6.26. The molecule has 3 unspecified atom stereocenters. The van der Waals surface area contributed by atoms with Gasteiger partial charge in [0.2, 0.25) is 5.91 Å². The molecular formula is C12H19NO4. The second-order valence-corrected chi connectivity index (χ2v) is 4.85. The van der Waals surface area contributed by atoms with Crippen LogP contribution in [0.3, 0.4) is 0 Å². The fourth-order valence-corrected chi connectivity index (χ4v) is 2.72. The molecule has 0 radical (unpaired) electrons. The summed E-state index contributed by atoms with van der Waals surface area (Å²) in [6, 6.07) is 0.0896. The molecule has 0 aromatic heterocycles. The summed E-state index contributed by atoms with van der Waals surface area (Å²) in [4.78, 5) is 24.7. The van der Waals surface area contributed by atoms with Crippen LogP contribution in [0.2, 0.25) is 0 Å². The number of nitrogens with zero attached hydrogens (tertiary/aromatic N) is 1. The van der Waals surface area contributed by atoms with Gasteiger partial charge < -0.3 is 14.7 Å². The Labute approximate surface area is 101 Å². The molecule has 1 saturated carbocycles. The lowest BCUT2D eigenvalue weighted by Gasteiger charge is -2.44. The van der Waals surface area contributed by atoms with E-state index in [9.17, 15) is 9.59 Å². The van der Waals surface area contributed by atoms with E-state index in [4.69, 9.17) is 9.84 Å². The Morgan fingerprint density at radius 2 is 2.06 bits per heavy atom. The van der Waals surface area contributed by atoms with Gasteiger partial charge in [0.15, 0.2) is 0 Å². The summed E-state index contributed by atoms with van der Waals surface area (Å²) in [7, 11) is 0. The van der Waals surface area contributed by atoms with Crippen LogP contribution in [0.4, 0.5) is 0 Å². The Kier molecular flexibility index (Phi) is 3.66. The molecule has 2 aliphatic rings. The number of carboxylic acids is 1. The third-order valence-electron chi connectivity index (χ3n) is 3.76. The minimum absolute atomic E-state index is 0.0896. The number of carboxylic acid groups (broad SMARTS) is 1. The number of aliphatic carboxylic acids is 1. The van der Waals surface area contributed by atoms with E-state index >= 15 is 0 Å². The molecule has 1 aliphatic carbocycles. The fourth-order valence-electron chi connectivity index (χ4n) is 2.72. The average molecular weight is 241 g/mol. The minimum Gasteiger partial charge on any atom is -0.481 e. The number of amides is 1. The molecule has 5 heteroatoms.